The molecule has 1 aliphatic heterocycles. The molecule has 1 saturated heterocycles. The number of piperazine rings is 1. The Kier molecular flexibility index (Phi) is 3.38. The fourth-order valence-electron chi connectivity index (χ4n) is 2.70. The fourth-order valence-corrected chi connectivity index (χ4v) is 2.70. The molecule has 6 heteroatoms. The van der Waals surface area contributed by atoms with E-state index in [1.807, 2.05) is 6.92 Å². The van der Waals surface area contributed by atoms with E-state index in [2.05, 4.69) is 5.32 Å². The van der Waals surface area contributed by atoms with Gasteiger partial charge in [0.15, 0.2) is 0 Å². The number of amides is 3. The Morgan fingerprint density at radius 1 is 1.50 bits per heavy atom. The minimum absolute atomic E-state index is 0.0369. The van der Waals surface area contributed by atoms with Gasteiger partial charge in [-0.15, -0.1) is 0 Å². The number of imide groups is 1. The molecule has 0 radical (unpaired) electrons. The zero-order valence-corrected chi connectivity index (χ0v) is 10.6. The van der Waals surface area contributed by atoms with E-state index in [1.165, 1.54) is 4.90 Å². The molecule has 1 heterocycles. The van der Waals surface area contributed by atoms with Crippen molar-refractivity contribution >= 4 is 17.7 Å². The number of nitrogens with one attached hydrogen (secondary N) is 1. The Bertz CT molecular complexity index is 385. The Balaban J connectivity index is 2.21. The van der Waals surface area contributed by atoms with Crippen molar-refractivity contribution in [2.45, 2.75) is 38.6 Å². The van der Waals surface area contributed by atoms with Crippen LogP contribution < -0.4 is 11.1 Å². The van der Waals surface area contributed by atoms with Crippen LogP contribution in [0, 0.1) is 5.41 Å². The van der Waals surface area contributed by atoms with Crippen LogP contribution in [-0.4, -0.2) is 41.8 Å². The van der Waals surface area contributed by atoms with Crippen LogP contribution in [0.5, 0.6) is 0 Å². The van der Waals surface area contributed by atoms with Crippen LogP contribution in [-0.2, 0) is 14.4 Å². The van der Waals surface area contributed by atoms with E-state index in [0.717, 1.165) is 19.3 Å². The Labute approximate surface area is 106 Å². The summed E-state index contributed by atoms with van der Waals surface area (Å²) in [4.78, 5) is 37.0. The predicted octanol–water partition coefficient (Wildman–Crippen LogP) is -0.621. The fraction of sp³-hybridized carbons (Fsp3) is 0.750. The van der Waals surface area contributed by atoms with Gasteiger partial charge >= 0.3 is 0 Å². The van der Waals surface area contributed by atoms with E-state index in [0.29, 0.717) is 6.42 Å². The molecule has 6 nitrogen and oxygen atoms in total. The first-order valence-corrected chi connectivity index (χ1v) is 6.39. The molecule has 1 saturated carbocycles. The lowest BCUT2D eigenvalue weighted by Crippen LogP contribution is -2.64. The molecular weight excluding hydrogens is 234 g/mol. The van der Waals surface area contributed by atoms with Gasteiger partial charge < -0.3 is 10.6 Å². The molecule has 1 atom stereocenters. The second-order valence-corrected chi connectivity index (χ2v) is 5.11. The summed E-state index contributed by atoms with van der Waals surface area (Å²) in [6.07, 6.45) is 3.00. The van der Waals surface area contributed by atoms with E-state index >= 15 is 0 Å². The van der Waals surface area contributed by atoms with Crippen molar-refractivity contribution < 1.29 is 14.4 Å². The zero-order valence-electron chi connectivity index (χ0n) is 10.6. The van der Waals surface area contributed by atoms with Gasteiger partial charge in [0.05, 0.1) is 5.41 Å². The molecule has 0 aromatic rings. The molecule has 100 valence electrons. The minimum atomic E-state index is -0.542. The summed E-state index contributed by atoms with van der Waals surface area (Å²) in [6.45, 7) is 2.08. The third-order valence-electron chi connectivity index (χ3n) is 4.06. The van der Waals surface area contributed by atoms with Crippen LogP contribution in [0.3, 0.4) is 0 Å². The first-order chi connectivity index (χ1) is 8.54. The van der Waals surface area contributed by atoms with Crippen LogP contribution >= 0.6 is 0 Å². The lowest BCUT2D eigenvalue weighted by atomic mass is 9.67. The molecule has 0 aromatic heterocycles. The third-order valence-corrected chi connectivity index (χ3v) is 4.06. The van der Waals surface area contributed by atoms with Crippen LogP contribution in [0.25, 0.3) is 0 Å². The number of nitrogens with two attached hydrogens (primary N) is 1. The van der Waals surface area contributed by atoms with Crippen molar-refractivity contribution in [2.24, 2.45) is 11.1 Å². The maximum Gasteiger partial charge on any atom is 0.249 e. The molecule has 2 aliphatic rings. The molecule has 18 heavy (non-hydrogen) atoms. The quantitative estimate of drug-likeness (QED) is 0.656. The Hall–Kier alpha value is -1.43. The van der Waals surface area contributed by atoms with E-state index < -0.39 is 17.4 Å². The van der Waals surface area contributed by atoms with Gasteiger partial charge in [-0.3, -0.25) is 19.7 Å². The van der Waals surface area contributed by atoms with Crippen molar-refractivity contribution in [1.29, 1.82) is 0 Å². The zero-order chi connectivity index (χ0) is 13.3. The summed E-state index contributed by atoms with van der Waals surface area (Å²) in [6, 6.07) is -0.542. The molecule has 0 spiro atoms. The number of carbonyl (C=O) groups is 3. The van der Waals surface area contributed by atoms with E-state index in [-0.39, 0.29) is 24.9 Å². The lowest BCUT2D eigenvalue weighted by molar-refractivity contribution is -0.159. The van der Waals surface area contributed by atoms with Crippen molar-refractivity contribution in [1.82, 2.24) is 10.2 Å². The van der Waals surface area contributed by atoms with E-state index in [1.54, 1.807) is 0 Å². The molecule has 3 N–H and O–H groups in total. The van der Waals surface area contributed by atoms with Crippen LogP contribution in [0.15, 0.2) is 0 Å². The first kappa shape index (κ1) is 13.0. The van der Waals surface area contributed by atoms with Crippen molar-refractivity contribution in [3.05, 3.63) is 0 Å². The number of hydrogen-bond acceptors (Lipinski definition) is 4. The highest BCUT2D eigenvalue weighted by atomic mass is 16.2. The van der Waals surface area contributed by atoms with Gasteiger partial charge in [0.1, 0.15) is 12.6 Å². The summed E-state index contributed by atoms with van der Waals surface area (Å²) >= 11 is 0. The molecule has 2 fully saturated rings. The molecule has 3 amide bonds. The van der Waals surface area contributed by atoms with Crippen LogP contribution in [0.4, 0.5) is 0 Å². The topological polar surface area (TPSA) is 92.5 Å². The highest BCUT2D eigenvalue weighted by Gasteiger charge is 2.48. The summed E-state index contributed by atoms with van der Waals surface area (Å²) in [5, 5.41) is 2.27. The second kappa shape index (κ2) is 4.68. The summed E-state index contributed by atoms with van der Waals surface area (Å²) in [7, 11) is 0. The molecule has 2 rings (SSSR count). The number of hydrogen-bond donors (Lipinski definition) is 2. The SMILES string of the molecule is CCC1C(=O)NC(=O)CN1C(=O)C1(CN)CCC1. The highest BCUT2D eigenvalue weighted by Crippen LogP contribution is 2.42. The normalized spacial score (nSPS) is 26.6. The molecule has 0 aromatic carbocycles. The Morgan fingerprint density at radius 2 is 2.17 bits per heavy atom. The van der Waals surface area contributed by atoms with Gasteiger partial charge in [0.2, 0.25) is 17.7 Å². The first-order valence-electron chi connectivity index (χ1n) is 6.39. The van der Waals surface area contributed by atoms with Gasteiger partial charge in [-0.25, -0.2) is 0 Å². The molecular formula is C12H19N3O3. The smallest absolute Gasteiger partial charge is 0.249 e. The monoisotopic (exact) mass is 253 g/mol. The standard InChI is InChI=1S/C12H19N3O3/c1-2-8-10(17)14-9(16)6-15(8)11(18)12(7-13)4-3-5-12/h8H,2-7,13H2,1H3,(H,14,16,17). The van der Waals surface area contributed by atoms with Crippen molar-refractivity contribution in [3.8, 4) is 0 Å². The van der Waals surface area contributed by atoms with E-state index in [9.17, 15) is 14.4 Å². The number of rotatable bonds is 3. The number of carbonyl (C=O) groups excluding carboxylic acids is 3. The van der Waals surface area contributed by atoms with Crippen LogP contribution in [0.2, 0.25) is 0 Å². The Morgan fingerprint density at radius 3 is 2.61 bits per heavy atom. The predicted molar refractivity (Wildman–Crippen MR) is 64.3 cm³/mol. The minimum Gasteiger partial charge on any atom is -0.329 e. The summed E-state index contributed by atoms with van der Waals surface area (Å²) < 4.78 is 0. The van der Waals surface area contributed by atoms with E-state index in [4.69, 9.17) is 5.73 Å². The average Bonchev–Trinajstić information content (AvgIpc) is 2.27. The largest absolute Gasteiger partial charge is 0.329 e. The number of nitrogens with zero attached hydrogens (tertiary/aromatic N) is 1. The second-order valence-electron chi connectivity index (χ2n) is 5.11. The van der Waals surface area contributed by atoms with Gasteiger partial charge in [-0.1, -0.05) is 13.3 Å². The van der Waals surface area contributed by atoms with Gasteiger partial charge in [-0.05, 0) is 19.3 Å². The van der Waals surface area contributed by atoms with Crippen molar-refractivity contribution in [3.63, 3.8) is 0 Å². The van der Waals surface area contributed by atoms with Gasteiger partial charge in [0, 0.05) is 6.54 Å². The molecule has 1 aliphatic carbocycles. The van der Waals surface area contributed by atoms with Crippen LogP contribution in [0.1, 0.15) is 32.6 Å². The lowest BCUT2D eigenvalue weighted by Gasteiger charge is -2.45. The average molecular weight is 253 g/mol. The maximum atomic E-state index is 12.5. The molecule has 0 bridgehead atoms. The third kappa shape index (κ3) is 1.90. The summed E-state index contributed by atoms with van der Waals surface area (Å²) in [5.74, 6) is -0.926. The molecule has 1 unspecified atom stereocenters. The summed E-state index contributed by atoms with van der Waals surface area (Å²) in [5.41, 5.74) is 5.16. The van der Waals surface area contributed by atoms with Crippen molar-refractivity contribution in [2.75, 3.05) is 13.1 Å². The highest BCUT2D eigenvalue weighted by molar-refractivity contribution is 6.05. The maximum absolute atomic E-state index is 12.5. The van der Waals surface area contributed by atoms with Gasteiger partial charge in [0.25, 0.3) is 0 Å². The van der Waals surface area contributed by atoms with Gasteiger partial charge in [-0.2, -0.15) is 0 Å².